The molecule has 4 aromatic heterocycles. The zero-order chi connectivity index (χ0) is 22.2. The van der Waals surface area contributed by atoms with Gasteiger partial charge in [0.1, 0.15) is 27.2 Å². The number of anilines is 3. The number of morpholine rings is 1. The zero-order valence-corrected chi connectivity index (χ0v) is 18.2. The normalized spacial score (nSPS) is 13.9. The maximum atomic E-state index is 13.0. The highest BCUT2D eigenvalue weighted by atomic mass is 32.1. The molecule has 0 radical (unpaired) electrons. The fourth-order valence-electron chi connectivity index (χ4n) is 3.50. The second kappa shape index (κ2) is 8.08. The Bertz CT molecular complexity index is 1350. The van der Waals surface area contributed by atoms with Gasteiger partial charge in [-0.1, -0.05) is 0 Å². The molecule has 4 aromatic rings. The van der Waals surface area contributed by atoms with Crippen LogP contribution < -0.4 is 26.6 Å². The Morgan fingerprint density at radius 1 is 1.34 bits per heavy atom. The number of ether oxygens (including phenoxy) is 1. The van der Waals surface area contributed by atoms with E-state index in [2.05, 4.69) is 21.6 Å². The first-order valence-electron chi connectivity index (χ1n) is 9.54. The van der Waals surface area contributed by atoms with E-state index in [1.165, 1.54) is 16.1 Å². The highest BCUT2D eigenvalue weighted by Gasteiger charge is 2.27. The number of nitrogens with zero attached hydrogens (tertiary/aromatic N) is 5. The van der Waals surface area contributed by atoms with Crippen LogP contribution in [0.1, 0.15) is 15.2 Å². The summed E-state index contributed by atoms with van der Waals surface area (Å²) in [5.41, 5.74) is 14.3. The van der Waals surface area contributed by atoms with Gasteiger partial charge in [0.05, 0.1) is 36.8 Å². The number of thiophene rings is 2. The molecular weight excluding hydrogens is 452 g/mol. The van der Waals surface area contributed by atoms with Crippen molar-refractivity contribution in [2.24, 2.45) is 0 Å². The van der Waals surface area contributed by atoms with E-state index in [0.29, 0.717) is 42.1 Å². The molecule has 13 heteroatoms. The van der Waals surface area contributed by atoms with Crippen LogP contribution in [0.3, 0.4) is 0 Å². The molecule has 5 heterocycles. The Balaban J connectivity index is 1.51. The number of rotatable bonds is 4. The van der Waals surface area contributed by atoms with Crippen molar-refractivity contribution in [2.75, 3.05) is 48.1 Å². The monoisotopic (exact) mass is 469 g/mol. The SMILES string of the molecule is N#Cc1c(N)nc2sc(C(=O)Nc3c[n+](N4CCOCC4)no3)c(N)c2c1-c1ccsc1. The van der Waals surface area contributed by atoms with Crippen LogP contribution in [-0.4, -0.2) is 42.5 Å². The molecule has 0 saturated carbocycles. The van der Waals surface area contributed by atoms with Gasteiger partial charge in [0.15, 0.2) is 0 Å². The summed E-state index contributed by atoms with van der Waals surface area (Å²) in [5.74, 6) is -0.207. The molecule has 162 valence electrons. The molecule has 0 aliphatic carbocycles. The van der Waals surface area contributed by atoms with E-state index in [-0.39, 0.29) is 27.8 Å². The van der Waals surface area contributed by atoms with Crippen LogP contribution in [0.4, 0.5) is 17.4 Å². The molecule has 0 spiro atoms. The lowest BCUT2D eigenvalue weighted by atomic mass is 9.99. The molecule has 32 heavy (non-hydrogen) atoms. The van der Waals surface area contributed by atoms with Crippen LogP contribution in [0.5, 0.6) is 0 Å². The summed E-state index contributed by atoms with van der Waals surface area (Å²) in [6.45, 7) is 2.50. The fraction of sp³-hybridized carbons (Fsp3) is 0.211. The lowest BCUT2D eigenvalue weighted by Gasteiger charge is -2.18. The summed E-state index contributed by atoms with van der Waals surface area (Å²) < 4.78 is 10.6. The summed E-state index contributed by atoms with van der Waals surface area (Å²) in [6, 6.07) is 3.98. The lowest BCUT2D eigenvalue weighted by molar-refractivity contribution is -0.759. The standard InChI is InChI=1S/C19H16N8O3S2/c20-7-11-13(10-1-6-31-9-10)14-15(21)16(32-19(14)24-17(11)22)18(28)23-12-8-27(25-30-12)26-2-4-29-5-3-26/h1,6,8-9H,2-5H2,(H4-,21,22,23,24,25,28)/p+1. The average Bonchev–Trinajstić information content (AvgIpc) is 3.54. The maximum absolute atomic E-state index is 13.0. The minimum atomic E-state index is -0.468. The molecule has 5 rings (SSSR count). The molecule has 1 saturated heterocycles. The van der Waals surface area contributed by atoms with Crippen molar-refractivity contribution in [1.29, 1.82) is 5.26 Å². The Morgan fingerprint density at radius 2 is 2.16 bits per heavy atom. The van der Waals surface area contributed by atoms with Crippen molar-refractivity contribution in [3.8, 4) is 17.2 Å². The van der Waals surface area contributed by atoms with Gasteiger partial charge in [0.2, 0.25) is 5.27 Å². The highest BCUT2D eigenvalue weighted by molar-refractivity contribution is 7.21. The third-order valence-electron chi connectivity index (χ3n) is 5.00. The lowest BCUT2D eigenvalue weighted by Crippen LogP contribution is -2.62. The van der Waals surface area contributed by atoms with Crippen LogP contribution >= 0.6 is 22.7 Å². The van der Waals surface area contributed by atoms with Crippen LogP contribution in [0, 0.1) is 11.3 Å². The average molecular weight is 470 g/mol. The Kier molecular flexibility index (Phi) is 5.10. The third kappa shape index (κ3) is 3.40. The number of hydrogen-bond acceptors (Lipinski definition) is 11. The molecule has 0 unspecified atom stereocenters. The number of nitrogen functional groups attached to an aromatic ring is 2. The number of carbonyl (C=O) groups is 1. The minimum Gasteiger partial charge on any atom is -0.397 e. The Labute approximate surface area is 189 Å². The molecule has 1 aliphatic heterocycles. The number of carbonyl (C=O) groups excluding carboxylic acids is 1. The van der Waals surface area contributed by atoms with Crippen molar-refractivity contribution in [2.45, 2.75) is 0 Å². The van der Waals surface area contributed by atoms with E-state index in [0.717, 1.165) is 16.9 Å². The van der Waals surface area contributed by atoms with Crippen LogP contribution in [0.15, 0.2) is 27.5 Å². The predicted molar refractivity (Wildman–Crippen MR) is 120 cm³/mol. The Morgan fingerprint density at radius 3 is 2.88 bits per heavy atom. The summed E-state index contributed by atoms with van der Waals surface area (Å²) in [5, 5.41) is 22.5. The number of aromatic nitrogens is 3. The van der Waals surface area contributed by atoms with Gasteiger partial charge in [-0.15, -0.1) is 16.3 Å². The number of fused-ring (bicyclic) bond motifs is 1. The summed E-state index contributed by atoms with van der Waals surface area (Å²) >= 11 is 2.58. The largest absolute Gasteiger partial charge is 0.397 e. The summed E-state index contributed by atoms with van der Waals surface area (Å²) in [4.78, 5) is 19.6. The minimum absolute atomic E-state index is 0.0937. The second-order valence-corrected chi connectivity index (χ2v) is 8.68. The third-order valence-corrected chi connectivity index (χ3v) is 6.78. The predicted octanol–water partition coefficient (Wildman–Crippen LogP) is 1.56. The topological polar surface area (TPSA) is 160 Å². The van der Waals surface area contributed by atoms with Crippen LogP contribution in [-0.2, 0) is 4.74 Å². The van der Waals surface area contributed by atoms with Crippen LogP contribution in [0.25, 0.3) is 21.3 Å². The smallest absolute Gasteiger partial charge is 0.306 e. The van der Waals surface area contributed by atoms with E-state index in [1.807, 2.05) is 21.8 Å². The quantitative estimate of drug-likeness (QED) is 0.377. The van der Waals surface area contributed by atoms with Gasteiger partial charge in [0, 0.05) is 10.9 Å². The van der Waals surface area contributed by atoms with Gasteiger partial charge in [-0.2, -0.15) is 16.6 Å². The van der Waals surface area contributed by atoms with Gasteiger partial charge in [-0.3, -0.25) is 14.6 Å². The number of pyridine rings is 1. The van der Waals surface area contributed by atoms with Gasteiger partial charge in [0.25, 0.3) is 12.1 Å². The van der Waals surface area contributed by atoms with E-state index in [1.54, 1.807) is 6.20 Å². The van der Waals surface area contributed by atoms with Gasteiger partial charge < -0.3 is 16.2 Å². The number of amides is 1. The molecule has 0 bridgehead atoms. The van der Waals surface area contributed by atoms with Crippen molar-refractivity contribution in [3.63, 3.8) is 0 Å². The first kappa shape index (κ1) is 20.2. The van der Waals surface area contributed by atoms with Crippen molar-refractivity contribution < 1.29 is 18.8 Å². The van der Waals surface area contributed by atoms with Crippen molar-refractivity contribution in [1.82, 2.24) is 10.3 Å². The molecule has 1 amide bonds. The first-order chi connectivity index (χ1) is 15.6. The molecule has 0 atom stereocenters. The number of nitrogens with one attached hydrogen (secondary N) is 1. The molecule has 1 fully saturated rings. The van der Waals surface area contributed by atoms with E-state index in [9.17, 15) is 10.1 Å². The summed E-state index contributed by atoms with van der Waals surface area (Å²) in [7, 11) is 0. The van der Waals surface area contributed by atoms with Crippen LogP contribution in [0.2, 0.25) is 0 Å². The number of hydrogen-bond donors (Lipinski definition) is 3. The highest BCUT2D eigenvalue weighted by Crippen LogP contribution is 2.43. The molecule has 0 aromatic carbocycles. The second-order valence-electron chi connectivity index (χ2n) is 6.90. The van der Waals surface area contributed by atoms with Crippen molar-refractivity contribution >= 4 is 56.2 Å². The fourth-order valence-corrected chi connectivity index (χ4v) is 5.15. The zero-order valence-electron chi connectivity index (χ0n) is 16.6. The molecule has 5 N–H and O–H groups in total. The van der Waals surface area contributed by atoms with E-state index in [4.69, 9.17) is 20.7 Å². The molecule has 11 nitrogen and oxygen atoms in total. The van der Waals surface area contributed by atoms with E-state index >= 15 is 0 Å². The molecular formula is C19H17N8O3S2+. The Hall–Kier alpha value is -3.73. The first-order valence-corrected chi connectivity index (χ1v) is 11.3. The number of nitriles is 1. The van der Waals surface area contributed by atoms with Gasteiger partial charge >= 0.3 is 5.88 Å². The van der Waals surface area contributed by atoms with Gasteiger partial charge in [-0.05, 0) is 22.4 Å². The number of nitrogens with two attached hydrogens (primary N) is 2. The summed E-state index contributed by atoms with van der Waals surface area (Å²) in [6.07, 6.45) is 1.58. The maximum Gasteiger partial charge on any atom is 0.306 e. The van der Waals surface area contributed by atoms with Gasteiger partial charge in [-0.25, -0.2) is 4.98 Å². The molecule has 1 aliphatic rings. The van der Waals surface area contributed by atoms with E-state index < -0.39 is 5.91 Å². The van der Waals surface area contributed by atoms with Crippen molar-refractivity contribution in [3.05, 3.63) is 33.5 Å².